The third kappa shape index (κ3) is 2.85. The summed E-state index contributed by atoms with van der Waals surface area (Å²) in [6.07, 6.45) is 0.733. The van der Waals surface area contributed by atoms with Gasteiger partial charge in [-0.05, 0) is 18.1 Å². The van der Waals surface area contributed by atoms with Crippen molar-refractivity contribution in [3.63, 3.8) is 0 Å². The Hall–Kier alpha value is -0.280. The van der Waals surface area contributed by atoms with Crippen LogP contribution in [0.3, 0.4) is 0 Å². The highest BCUT2D eigenvalue weighted by Gasteiger charge is 2.11. The first-order valence-electron chi connectivity index (χ1n) is 4.35. The lowest BCUT2D eigenvalue weighted by molar-refractivity contribution is 0.188. The van der Waals surface area contributed by atoms with Gasteiger partial charge in [0.1, 0.15) is 0 Å². The molecule has 1 aromatic carbocycles. The monoisotopic (exact) mass is 233 g/mol. The predicted octanol–water partition coefficient (Wildman–Crippen LogP) is 3.03. The van der Waals surface area contributed by atoms with Gasteiger partial charge in [0.25, 0.3) is 0 Å². The lowest BCUT2D eigenvalue weighted by Crippen LogP contribution is -2.13. The summed E-state index contributed by atoms with van der Waals surface area (Å²) in [4.78, 5) is 0. The molecule has 0 aliphatic heterocycles. The van der Waals surface area contributed by atoms with Crippen molar-refractivity contribution in [3.8, 4) is 0 Å². The molecule has 0 radical (unpaired) electrons. The standard InChI is InChI=1S/C10H13Cl2NO/c1-14-6-5-9(13)7-3-2-4-8(11)10(7)12/h2-4,9H,5-6,13H2,1H3. The Kier molecular flexibility index (Phi) is 4.69. The van der Waals surface area contributed by atoms with Gasteiger partial charge in [-0.15, -0.1) is 0 Å². The molecule has 0 amide bonds. The number of methoxy groups -OCH3 is 1. The summed E-state index contributed by atoms with van der Waals surface area (Å²) in [5, 5.41) is 1.08. The zero-order valence-corrected chi connectivity index (χ0v) is 9.48. The van der Waals surface area contributed by atoms with E-state index in [1.807, 2.05) is 12.1 Å². The van der Waals surface area contributed by atoms with E-state index < -0.39 is 0 Å². The zero-order chi connectivity index (χ0) is 10.6. The van der Waals surface area contributed by atoms with Crippen LogP contribution in [-0.4, -0.2) is 13.7 Å². The second kappa shape index (κ2) is 5.56. The first-order valence-corrected chi connectivity index (χ1v) is 5.11. The van der Waals surface area contributed by atoms with E-state index in [1.54, 1.807) is 13.2 Å². The van der Waals surface area contributed by atoms with Gasteiger partial charge < -0.3 is 10.5 Å². The second-order valence-electron chi connectivity index (χ2n) is 3.03. The highest BCUT2D eigenvalue weighted by molar-refractivity contribution is 6.42. The lowest BCUT2D eigenvalue weighted by Gasteiger charge is -2.13. The summed E-state index contributed by atoms with van der Waals surface area (Å²) in [6, 6.07) is 5.35. The van der Waals surface area contributed by atoms with E-state index in [-0.39, 0.29) is 6.04 Å². The molecule has 0 saturated heterocycles. The number of nitrogens with two attached hydrogens (primary N) is 1. The molecule has 2 nitrogen and oxygen atoms in total. The molecule has 2 N–H and O–H groups in total. The molecule has 1 aromatic rings. The summed E-state index contributed by atoms with van der Waals surface area (Å²) >= 11 is 11.9. The van der Waals surface area contributed by atoms with Crippen molar-refractivity contribution in [1.82, 2.24) is 0 Å². The van der Waals surface area contributed by atoms with Crippen molar-refractivity contribution in [3.05, 3.63) is 33.8 Å². The minimum absolute atomic E-state index is 0.124. The SMILES string of the molecule is COCCC(N)c1cccc(Cl)c1Cl. The minimum Gasteiger partial charge on any atom is -0.385 e. The van der Waals surface area contributed by atoms with Gasteiger partial charge in [-0.3, -0.25) is 0 Å². The second-order valence-corrected chi connectivity index (χ2v) is 3.82. The number of ether oxygens (including phenoxy) is 1. The number of hydrogen-bond donors (Lipinski definition) is 1. The van der Waals surface area contributed by atoms with Gasteiger partial charge in [0.2, 0.25) is 0 Å². The largest absolute Gasteiger partial charge is 0.385 e. The molecule has 0 spiro atoms. The molecular weight excluding hydrogens is 221 g/mol. The van der Waals surface area contributed by atoms with Gasteiger partial charge in [-0.1, -0.05) is 35.3 Å². The Morgan fingerprint density at radius 3 is 2.79 bits per heavy atom. The van der Waals surface area contributed by atoms with Crippen LogP contribution in [0.4, 0.5) is 0 Å². The summed E-state index contributed by atoms with van der Waals surface area (Å²) in [6.45, 7) is 0.615. The van der Waals surface area contributed by atoms with Crippen LogP contribution in [0.1, 0.15) is 18.0 Å². The summed E-state index contributed by atoms with van der Waals surface area (Å²) in [5.74, 6) is 0. The summed E-state index contributed by atoms with van der Waals surface area (Å²) in [5.41, 5.74) is 6.80. The Labute approximate surface area is 94.0 Å². The summed E-state index contributed by atoms with van der Waals surface area (Å²) in [7, 11) is 1.65. The molecule has 0 fully saturated rings. The van der Waals surface area contributed by atoms with Crippen LogP contribution in [0.25, 0.3) is 0 Å². The van der Waals surface area contributed by atoms with E-state index in [9.17, 15) is 0 Å². The van der Waals surface area contributed by atoms with Gasteiger partial charge in [0, 0.05) is 19.8 Å². The van der Waals surface area contributed by atoms with Crippen molar-refractivity contribution in [2.75, 3.05) is 13.7 Å². The van der Waals surface area contributed by atoms with Crippen LogP contribution >= 0.6 is 23.2 Å². The fourth-order valence-electron chi connectivity index (χ4n) is 1.21. The average Bonchev–Trinajstić information content (AvgIpc) is 2.18. The van der Waals surface area contributed by atoms with Crippen molar-refractivity contribution < 1.29 is 4.74 Å². The zero-order valence-electron chi connectivity index (χ0n) is 7.97. The van der Waals surface area contributed by atoms with Gasteiger partial charge in [0.15, 0.2) is 0 Å². The van der Waals surface area contributed by atoms with E-state index in [4.69, 9.17) is 33.7 Å². The highest BCUT2D eigenvalue weighted by Crippen LogP contribution is 2.29. The third-order valence-corrected chi connectivity index (χ3v) is 2.85. The maximum absolute atomic E-state index is 6.01. The van der Waals surface area contributed by atoms with E-state index in [0.717, 1.165) is 12.0 Å². The van der Waals surface area contributed by atoms with Crippen molar-refractivity contribution in [2.24, 2.45) is 5.73 Å². The van der Waals surface area contributed by atoms with E-state index in [0.29, 0.717) is 16.7 Å². The fourth-order valence-corrected chi connectivity index (χ4v) is 1.66. The molecule has 1 unspecified atom stereocenters. The molecule has 14 heavy (non-hydrogen) atoms. The molecule has 1 atom stereocenters. The van der Waals surface area contributed by atoms with Crippen LogP contribution in [0, 0.1) is 0 Å². The topological polar surface area (TPSA) is 35.2 Å². The molecule has 0 aliphatic rings. The van der Waals surface area contributed by atoms with E-state index in [1.165, 1.54) is 0 Å². The minimum atomic E-state index is -0.124. The van der Waals surface area contributed by atoms with Gasteiger partial charge in [0.05, 0.1) is 10.0 Å². The maximum Gasteiger partial charge on any atom is 0.0640 e. The van der Waals surface area contributed by atoms with Crippen LogP contribution in [0.5, 0.6) is 0 Å². The fraction of sp³-hybridized carbons (Fsp3) is 0.400. The maximum atomic E-state index is 6.01. The molecule has 1 rings (SSSR count). The van der Waals surface area contributed by atoms with Gasteiger partial charge in [-0.25, -0.2) is 0 Å². The molecule has 0 heterocycles. The molecule has 0 saturated carbocycles. The van der Waals surface area contributed by atoms with E-state index in [2.05, 4.69) is 0 Å². The highest BCUT2D eigenvalue weighted by atomic mass is 35.5. The van der Waals surface area contributed by atoms with Gasteiger partial charge in [-0.2, -0.15) is 0 Å². The molecular formula is C10H13Cl2NO. The first kappa shape index (κ1) is 11.8. The molecule has 0 aromatic heterocycles. The Morgan fingerprint density at radius 1 is 1.43 bits per heavy atom. The smallest absolute Gasteiger partial charge is 0.0640 e. The average molecular weight is 234 g/mol. The van der Waals surface area contributed by atoms with Crippen LogP contribution in [0.2, 0.25) is 10.0 Å². The van der Waals surface area contributed by atoms with Crippen molar-refractivity contribution in [1.29, 1.82) is 0 Å². The number of hydrogen-bond acceptors (Lipinski definition) is 2. The quantitative estimate of drug-likeness (QED) is 0.868. The number of benzene rings is 1. The van der Waals surface area contributed by atoms with Gasteiger partial charge >= 0.3 is 0 Å². The van der Waals surface area contributed by atoms with Crippen molar-refractivity contribution in [2.45, 2.75) is 12.5 Å². The van der Waals surface area contributed by atoms with Crippen LogP contribution in [-0.2, 0) is 4.74 Å². The van der Waals surface area contributed by atoms with Crippen LogP contribution < -0.4 is 5.73 Å². The van der Waals surface area contributed by atoms with Crippen molar-refractivity contribution >= 4 is 23.2 Å². The molecule has 0 aliphatic carbocycles. The Balaban J connectivity index is 2.79. The lowest BCUT2D eigenvalue weighted by atomic mass is 10.1. The predicted molar refractivity (Wildman–Crippen MR) is 59.9 cm³/mol. The number of halogens is 2. The molecule has 0 bridgehead atoms. The Bertz CT molecular complexity index is 304. The van der Waals surface area contributed by atoms with Crippen LogP contribution in [0.15, 0.2) is 18.2 Å². The number of rotatable bonds is 4. The normalized spacial score (nSPS) is 12.9. The third-order valence-electron chi connectivity index (χ3n) is 2.01. The molecule has 78 valence electrons. The Morgan fingerprint density at radius 2 is 2.14 bits per heavy atom. The molecule has 4 heteroatoms. The summed E-state index contributed by atoms with van der Waals surface area (Å²) < 4.78 is 4.95. The first-order chi connectivity index (χ1) is 6.66. The van der Waals surface area contributed by atoms with E-state index >= 15 is 0 Å².